The van der Waals surface area contributed by atoms with Gasteiger partial charge >= 0.3 is 0 Å². The minimum Gasteiger partial charge on any atom is -0.316 e. The molecule has 2 heteroatoms. The number of hydrogen-bond acceptors (Lipinski definition) is 2. The third-order valence-electron chi connectivity index (χ3n) is 3.24. The van der Waals surface area contributed by atoms with Crippen LogP contribution in [0.15, 0.2) is 0 Å². The fraction of sp³-hybridized carbons (Fsp3) is 1.00. The molecule has 1 rings (SSSR count). The van der Waals surface area contributed by atoms with Crippen molar-refractivity contribution in [3.8, 4) is 0 Å². The lowest BCUT2D eigenvalue weighted by molar-refractivity contribution is 0.328. The second-order valence-electron chi connectivity index (χ2n) is 5.90. The minimum absolute atomic E-state index is 0.481. The molecular weight excluding hydrogens is 202 g/mol. The standard InChI is InChI=1S/C13H27NS/c1-13(2,3)9-8-11(14-4)12-7-5-6-10-15-12/h11-12,14H,5-10H2,1-4H3. The van der Waals surface area contributed by atoms with Gasteiger partial charge in [0.05, 0.1) is 0 Å². The first-order valence-electron chi connectivity index (χ1n) is 6.32. The Hall–Kier alpha value is 0.310. The van der Waals surface area contributed by atoms with E-state index in [0.29, 0.717) is 5.41 Å². The number of thioether (sulfide) groups is 1. The van der Waals surface area contributed by atoms with Crippen LogP contribution in [0, 0.1) is 5.41 Å². The quantitative estimate of drug-likeness (QED) is 0.789. The van der Waals surface area contributed by atoms with Crippen molar-refractivity contribution in [2.24, 2.45) is 5.41 Å². The zero-order valence-electron chi connectivity index (χ0n) is 10.8. The maximum Gasteiger partial charge on any atom is 0.0201 e. The zero-order chi connectivity index (χ0) is 11.3. The van der Waals surface area contributed by atoms with Gasteiger partial charge in [0, 0.05) is 11.3 Å². The van der Waals surface area contributed by atoms with E-state index in [-0.39, 0.29) is 0 Å². The van der Waals surface area contributed by atoms with Crippen LogP contribution in [0.2, 0.25) is 0 Å². The molecule has 1 aliphatic rings. The number of rotatable bonds is 4. The lowest BCUT2D eigenvalue weighted by atomic mass is 9.87. The molecule has 1 fully saturated rings. The minimum atomic E-state index is 0.481. The van der Waals surface area contributed by atoms with Crippen molar-refractivity contribution in [1.29, 1.82) is 0 Å². The van der Waals surface area contributed by atoms with Gasteiger partial charge < -0.3 is 5.32 Å². The predicted octanol–water partition coefficient (Wildman–Crippen LogP) is 3.69. The fourth-order valence-corrected chi connectivity index (χ4v) is 3.70. The summed E-state index contributed by atoms with van der Waals surface area (Å²) >= 11 is 2.18. The van der Waals surface area contributed by atoms with Gasteiger partial charge in [-0.25, -0.2) is 0 Å². The molecular formula is C13H27NS. The predicted molar refractivity (Wildman–Crippen MR) is 71.6 cm³/mol. The van der Waals surface area contributed by atoms with E-state index >= 15 is 0 Å². The highest BCUT2D eigenvalue weighted by molar-refractivity contribution is 8.00. The SMILES string of the molecule is CNC(CCC(C)(C)C)C1CCCCS1. The molecule has 0 radical (unpaired) electrons. The van der Waals surface area contributed by atoms with E-state index in [1.807, 2.05) is 0 Å². The van der Waals surface area contributed by atoms with E-state index < -0.39 is 0 Å². The van der Waals surface area contributed by atoms with Crippen LogP contribution < -0.4 is 5.32 Å². The Morgan fingerprint density at radius 3 is 2.53 bits per heavy atom. The summed E-state index contributed by atoms with van der Waals surface area (Å²) in [6, 6.07) is 0.731. The van der Waals surface area contributed by atoms with Crippen LogP contribution in [0.25, 0.3) is 0 Å². The molecule has 1 heterocycles. The van der Waals surface area contributed by atoms with Crippen molar-refractivity contribution >= 4 is 11.8 Å². The summed E-state index contributed by atoms with van der Waals surface area (Å²) in [5.41, 5.74) is 0.481. The number of hydrogen-bond donors (Lipinski definition) is 1. The summed E-state index contributed by atoms with van der Waals surface area (Å²) in [5.74, 6) is 1.37. The van der Waals surface area contributed by atoms with Crippen LogP contribution >= 0.6 is 11.8 Å². The molecule has 2 atom stereocenters. The second kappa shape index (κ2) is 6.15. The van der Waals surface area contributed by atoms with Crippen LogP contribution in [-0.2, 0) is 0 Å². The summed E-state index contributed by atoms with van der Waals surface area (Å²) in [6.45, 7) is 7.02. The van der Waals surface area contributed by atoms with E-state index in [0.717, 1.165) is 11.3 Å². The lowest BCUT2D eigenvalue weighted by Crippen LogP contribution is -2.37. The summed E-state index contributed by atoms with van der Waals surface area (Å²) in [5, 5.41) is 4.39. The molecule has 0 bridgehead atoms. The Morgan fingerprint density at radius 2 is 2.07 bits per heavy atom. The molecule has 0 saturated carbocycles. The Bertz CT molecular complexity index is 168. The van der Waals surface area contributed by atoms with E-state index in [2.05, 4.69) is 44.9 Å². The zero-order valence-corrected chi connectivity index (χ0v) is 11.6. The Morgan fingerprint density at radius 1 is 1.33 bits per heavy atom. The van der Waals surface area contributed by atoms with Gasteiger partial charge in [-0.3, -0.25) is 0 Å². The van der Waals surface area contributed by atoms with Crippen molar-refractivity contribution in [1.82, 2.24) is 5.32 Å². The highest BCUT2D eigenvalue weighted by atomic mass is 32.2. The monoisotopic (exact) mass is 229 g/mol. The average Bonchev–Trinajstić information content (AvgIpc) is 2.19. The molecule has 0 amide bonds. The van der Waals surface area contributed by atoms with E-state index in [1.54, 1.807) is 0 Å². The third kappa shape index (κ3) is 5.26. The largest absolute Gasteiger partial charge is 0.316 e. The van der Waals surface area contributed by atoms with Crippen molar-refractivity contribution in [2.45, 2.75) is 64.2 Å². The molecule has 0 aliphatic carbocycles. The van der Waals surface area contributed by atoms with Crippen molar-refractivity contribution in [2.75, 3.05) is 12.8 Å². The molecule has 1 saturated heterocycles. The van der Waals surface area contributed by atoms with E-state index in [9.17, 15) is 0 Å². The third-order valence-corrected chi connectivity index (χ3v) is 4.76. The molecule has 0 aromatic rings. The van der Waals surface area contributed by atoms with Crippen LogP contribution in [0.4, 0.5) is 0 Å². The highest BCUT2D eigenvalue weighted by Gasteiger charge is 2.24. The van der Waals surface area contributed by atoms with Crippen LogP contribution in [-0.4, -0.2) is 24.1 Å². The topological polar surface area (TPSA) is 12.0 Å². The van der Waals surface area contributed by atoms with Crippen molar-refractivity contribution in [3.63, 3.8) is 0 Å². The maximum absolute atomic E-state index is 3.52. The van der Waals surface area contributed by atoms with Gasteiger partial charge in [0.25, 0.3) is 0 Å². The second-order valence-corrected chi connectivity index (χ2v) is 7.25. The summed E-state index contributed by atoms with van der Waals surface area (Å²) in [7, 11) is 2.13. The van der Waals surface area contributed by atoms with Crippen molar-refractivity contribution < 1.29 is 0 Å². The van der Waals surface area contributed by atoms with E-state index in [1.165, 1.54) is 37.9 Å². The average molecular weight is 229 g/mol. The maximum atomic E-state index is 3.52. The molecule has 1 aliphatic heterocycles. The molecule has 1 nitrogen and oxygen atoms in total. The van der Waals surface area contributed by atoms with Gasteiger partial charge in [0.15, 0.2) is 0 Å². The van der Waals surface area contributed by atoms with Gasteiger partial charge in [0.1, 0.15) is 0 Å². The number of nitrogens with one attached hydrogen (secondary N) is 1. The smallest absolute Gasteiger partial charge is 0.0201 e. The molecule has 15 heavy (non-hydrogen) atoms. The summed E-state index contributed by atoms with van der Waals surface area (Å²) < 4.78 is 0. The summed E-state index contributed by atoms with van der Waals surface area (Å²) in [4.78, 5) is 0. The summed E-state index contributed by atoms with van der Waals surface area (Å²) in [6.07, 6.45) is 6.94. The van der Waals surface area contributed by atoms with Gasteiger partial charge in [-0.15, -0.1) is 0 Å². The van der Waals surface area contributed by atoms with Gasteiger partial charge in [-0.05, 0) is 43.9 Å². The normalized spacial score (nSPS) is 25.2. The first kappa shape index (κ1) is 13.4. The van der Waals surface area contributed by atoms with Gasteiger partial charge in [-0.2, -0.15) is 11.8 Å². The highest BCUT2D eigenvalue weighted by Crippen LogP contribution is 2.31. The Kier molecular flexibility index (Phi) is 5.48. The molecule has 90 valence electrons. The molecule has 0 spiro atoms. The van der Waals surface area contributed by atoms with Crippen molar-refractivity contribution in [3.05, 3.63) is 0 Å². The molecule has 2 unspecified atom stereocenters. The molecule has 0 aromatic carbocycles. The lowest BCUT2D eigenvalue weighted by Gasteiger charge is -2.31. The van der Waals surface area contributed by atoms with Gasteiger partial charge in [-0.1, -0.05) is 27.2 Å². The molecule has 1 N–H and O–H groups in total. The van der Waals surface area contributed by atoms with Crippen LogP contribution in [0.3, 0.4) is 0 Å². The van der Waals surface area contributed by atoms with E-state index in [4.69, 9.17) is 0 Å². The van der Waals surface area contributed by atoms with Crippen LogP contribution in [0.1, 0.15) is 52.9 Å². The first-order valence-corrected chi connectivity index (χ1v) is 7.37. The van der Waals surface area contributed by atoms with Crippen LogP contribution in [0.5, 0.6) is 0 Å². The van der Waals surface area contributed by atoms with Gasteiger partial charge in [0.2, 0.25) is 0 Å². The first-order chi connectivity index (χ1) is 7.03. The Balaban J connectivity index is 2.34. The Labute approximate surface area is 99.8 Å². The fourth-order valence-electron chi connectivity index (χ4n) is 2.19. The molecule has 0 aromatic heterocycles.